The molecule has 7 heteroatoms. The fourth-order valence-corrected chi connectivity index (χ4v) is 4.56. The van der Waals surface area contributed by atoms with E-state index < -0.39 is 23.3 Å². The van der Waals surface area contributed by atoms with Crippen LogP contribution in [0.4, 0.5) is 13.6 Å². The smallest absolute Gasteiger partial charge is 0.410 e. The molecule has 1 amide bonds. The summed E-state index contributed by atoms with van der Waals surface area (Å²) >= 11 is 0. The fourth-order valence-electron chi connectivity index (χ4n) is 4.56. The zero-order valence-electron chi connectivity index (χ0n) is 15.6. The first-order valence-corrected chi connectivity index (χ1v) is 9.52. The molecule has 0 saturated carbocycles. The molecule has 2 bridgehead atoms. The number of ether oxygens (including phenoxy) is 1. The van der Waals surface area contributed by atoms with Crippen LogP contribution in [0.3, 0.4) is 0 Å². The number of benzene rings is 2. The molecule has 0 aliphatic carbocycles. The number of carbonyl (C=O) groups is 1. The van der Waals surface area contributed by atoms with Gasteiger partial charge in [-0.05, 0) is 30.5 Å². The van der Waals surface area contributed by atoms with E-state index in [2.05, 4.69) is 0 Å². The Hall–Kier alpha value is -2.98. The highest BCUT2D eigenvalue weighted by Gasteiger charge is 2.51. The molecule has 1 N–H and O–H groups in total. The molecular weight excluding hydrogens is 378 g/mol. The second-order valence-electron chi connectivity index (χ2n) is 7.70. The van der Waals surface area contributed by atoms with Crippen LogP contribution in [0, 0.1) is 23.0 Å². The normalized spacial score (nSPS) is 25.5. The third kappa shape index (κ3) is 3.56. The highest BCUT2D eigenvalue weighted by atomic mass is 19.2. The maximum atomic E-state index is 13.8. The molecule has 2 aliphatic rings. The molecule has 2 unspecified atom stereocenters. The van der Waals surface area contributed by atoms with Crippen molar-refractivity contribution < 1.29 is 23.4 Å². The first-order valence-electron chi connectivity index (χ1n) is 9.52. The Morgan fingerprint density at radius 2 is 1.79 bits per heavy atom. The van der Waals surface area contributed by atoms with E-state index in [1.54, 1.807) is 4.90 Å². The molecule has 2 saturated heterocycles. The van der Waals surface area contributed by atoms with Gasteiger partial charge in [0.15, 0.2) is 11.6 Å². The average Bonchev–Trinajstić information content (AvgIpc) is 3.00. The molecule has 2 fully saturated rings. The van der Waals surface area contributed by atoms with E-state index in [0.717, 1.165) is 17.7 Å². The van der Waals surface area contributed by atoms with Gasteiger partial charge in [-0.15, -0.1) is 0 Å². The van der Waals surface area contributed by atoms with Crippen LogP contribution < -0.4 is 0 Å². The van der Waals surface area contributed by atoms with Crippen LogP contribution in [-0.4, -0.2) is 28.2 Å². The Balaban J connectivity index is 1.52. The van der Waals surface area contributed by atoms with Crippen molar-refractivity contribution in [2.24, 2.45) is 0 Å². The third-order valence-electron chi connectivity index (χ3n) is 5.86. The van der Waals surface area contributed by atoms with Gasteiger partial charge >= 0.3 is 6.09 Å². The molecule has 29 heavy (non-hydrogen) atoms. The number of hydrogen-bond acceptors (Lipinski definition) is 4. The molecule has 5 nitrogen and oxygen atoms in total. The summed E-state index contributed by atoms with van der Waals surface area (Å²) in [5, 5.41) is 20.5. The molecule has 2 aromatic carbocycles. The van der Waals surface area contributed by atoms with Crippen molar-refractivity contribution in [3.8, 4) is 6.07 Å². The lowest BCUT2D eigenvalue weighted by Crippen LogP contribution is -2.52. The van der Waals surface area contributed by atoms with E-state index in [0.29, 0.717) is 12.8 Å². The van der Waals surface area contributed by atoms with Crippen molar-refractivity contribution in [2.75, 3.05) is 0 Å². The Morgan fingerprint density at radius 1 is 1.17 bits per heavy atom. The van der Waals surface area contributed by atoms with Crippen molar-refractivity contribution in [3.63, 3.8) is 0 Å². The van der Waals surface area contributed by atoms with Gasteiger partial charge in [-0.2, -0.15) is 5.26 Å². The van der Waals surface area contributed by atoms with Crippen LogP contribution in [0.1, 0.15) is 42.4 Å². The van der Waals surface area contributed by atoms with Crippen LogP contribution in [0.2, 0.25) is 0 Å². The highest BCUT2D eigenvalue weighted by molar-refractivity contribution is 5.69. The maximum Gasteiger partial charge on any atom is 0.410 e. The second kappa shape index (κ2) is 7.45. The first kappa shape index (κ1) is 19.3. The minimum Gasteiger partial charge on any atom is -0.445 e. The average molecular weight is 398 g/mol. The molecule has 2 aromatic rings. The number of fused-ring (bicyclic) bond motifs is 2. The standard InChI is InChI=1S/C22H20F2N2O3/c23-19-8-15(12-25)18(9-20(19)24)22(28)10-16-6-7-17(11-22)26(16)21(27)29-13-14-4-2-1-3-5-14/h1-5,8-9,16-17,28H,6-7,10-11,13H2. The number of nitriles is 1. The number of amides is 1. The molecule has 0 radical (unpaired) electrons. The summed E-state index contributed by atoms with van der Waals surface area (Å²) in [7, 11) is 0. The van der Waals surface area contributed by atoms with E-state index in [-0.39, 0.29) is 42.7 Å². The molecule has 2 aliphatic heterocycles. The van der Waals surface area contributed by atoms with Gasteiger partial charge in [-0.1, -0.05) is 30.3 Å². The van der Waals surface area contributed by atoms with Crippen LogP contribution >= 0.6 is 0 Å². The fraction of sp³-hybridized carbons (Fsp3) is 0.364. The number of aliphatic hydroxyl groups is 1. The van der Waals surface area contributed by atoms with Gasteiger partial charge in [0, 0.05) is 30.5 Å². The van der Waals surface area contributed by atoms with Gasteiger partial charge in [0.2, 0.25) is 0 Å². The summed E-state index contributed by atoms with van der Waals surface area (Å²) in [5.74, 6) is -2.23. The Kier molecular flexibility index (Phi) is 4.97. The van der Waals surface area contributed by atoms with Crippen molar-refractivity contribution in [1.82, 2.24) is 4.90 Å². The summed E-state index contributed by atoms with van der Waals surface area (Å²) in [5.41, 5.74) is -0.636. The molecule has 4 rings (SSSR count). The monoisotopic (exact) mass is 398 g/mol. The van der Waals surface area contributed by atoms with Crippen molar-refractivity contribution >= 4 is 6.09 Å². The topological polar surface area (TPSA) is 73.6 Å². The molecular formula is C22H20F2N2O3. The van der Waals surface area contributed by atoms with Gasteiger partial charge in [0.05, 0.1) is 17.2 Å². The zero-order chi connectivity index (χ0) is 20.6. The Labute approximate surface area is 167 Å². The number of hydrogen-bond donors (Lipinski definition) is 1. The lowest BCUT2D eigenvalue weighted by molar-refractivity contribution is -0.0540. The SMILES string of the molecule is N#Cc1cc(F)c(F)cc1C1(O)CC2CCC(C1)N2C(=O)OCc1ccccc1. The van der Waals surface area contributed by atoms with Gasteiger partial charge in [0.1, 0.15) is 6.61 Å². The summed E-state index contributed by atoms with van der Waals surface area (Å²) in [4.78, 5) is 14.3. The van der Waals surface area contributed by atoms with Crippen molar-refractivity contribution in [3.05, 3.63) is 70.8 Å². The molecule has 0 spiro atoms. The molecule has 150 valence electrons. The summed E-state index contributed by atoms with van der Waals surface area (Å²) in [6, 6.07) is 12.3. The van der Waals surface area contributed by atoms with Crippen LogP contribution in [0.25, 0.3) is 0 Å². The quantitative estimate of drug-likeness (QED) is 0.849. The summed E-state index contributed by atoms with van der Waals surface area (Å²) in [6.07, 6.45) is 1.19. The lowest BCUT2D eigenvalue weighted by atomic mass is 9.78. The van der Waals surface area contributed by atoms with E-state index in [4.69, 9.17) is 4.74 Å². The number of halogens is 2. The minimum absolute atomic E-state index is 0.0769. The van der Waals surface area contributed by atoms with Crippen LogP contribution in [0.15, 0.2) is 42.5 Å². The summed E-state index contributed by atoms with van der Waals surface area (Å²) < 4.78 is 32.8. The van der Waals surface area contributed by atoms with Crippen LogP contribution in [-0.2, 0) is 16.9 Å². The predicted octanol–water partition coefficient (Wildman–Crippen LogP) is 3.99. The zero-order valence-corrected chi connectivity index (χ0v) is 15.6. The van der Waals surface area contributed by atoms with Crippen molar-refractivity contribution in [2.45, 2.75) is 50.0 Å². The number of rotatable bonds is 3. The van der Waals surface area contributed by atoms with Gasteiger partial charge in [-0.3, -0.25) is 0 Å². The van der Waals surface area contributed by atoms with E-state index in [9.17, 15) is 23.9 Å². The van der Waals surface area contributed by atoms with E-state index >= 15 is 0 Å². The maximum absolute atomic E-state index is 13.8. The van der Waals surface area contributed by atoms with Gasteiger partial charge in [-0.25, -0.2) is 13.6 Å². The minimum atomic E-state index is -1.50. The summed E-state index contributed by atoms with van der Waals surface area (Å²) in [6.45, 7) is 0.154. The van der Waals surface area contributed by atoms with Gasteiger partial charge in [0.25, 0.3) is 0 Å². The van der Waals surface area contributed by atoms with Crippen molar-refractivity contribution in [1.29, 1.82) is 5.26 Å². The van der Waals surface area contributed by atoms with Gasteiger partial charge < -0.3 is 14.7 Å². The number of carbonyl (C=O) groups excluding carboxylic acids is 1. The number of nitrogens with zero attached hydrogens (tertiary/aromatic N) is 2. The first-order chi connectivity index (χ1) is 13.9. The molecule has 2 atom stereocenters. The second-order valence-corrected chi connectivity index (χ2v) is 7.70. The Morgan fingerprint density at radius 3 is 2.41 bits per heavy atom. The Bertz CT molecular complexity index is 960. The highest BCUT2D eigenvalue weighted by Crippen LogP contribution is 2.47. The van der Waals surface area contributed by atoms with E-state index in [1.807, 2.05) is 36.4 Å². The lowest BCUT2D eigenvalue weighted by Gasteiger charge is -2.43. The van der Waals surface area contributed by atoms with E-state index in [1.165, 1.54) is 0 Å². The predicted molar refractivity (Wildman–Crippen MR) is 99.5 cm³/mol. The van der Waals surface area contributed by atoms with Crippen LogP contribution in [0.5, 0.6) is 0 Å². The molecule has 0 aromatic heterocycles. The number of piperidine rings is 1. The third-order valence-corrected chi connectivity index (χ3v) is 5.86. The largest absolute Gasteiger partial charge is 0.445 e. The molecule has 2 heterocycles.